The maximum atomic E-state index is 13.4. The Balaban J connectivity index is 1.67. The van der Waals surface area contributed by atoms with Crippen molar-refractivity contribution in [2.75, 3.05) is 5.75 Å². The number of nitrogens with zero attached hydrogens (tertiary/aromatic N) is 4. The number of aryl methyl sites for hydroxylation is 1. The molecule has 4 aromatic rings. The zero-order valence-corrected chi connectivity index (χ0v) is 26.3. The number of nitro groups is 1. The molecule has 1 aromatic heterocycles. The number of non-ortho nitro benzene ring substituents is 1. The van der Waals surface area contributed by atoms with Crippen LogP contribution in [0.5, 0.6) is 0 Å². The molecule has 1 heterocycles. The molecule has 1 atom stereocenters. The Hall–Kier alpha value is -3.54. The summed E-state index contributed by atoms with van der Waals surface area (Å²) in [6.07, 6.45) is 6.25. The summed E-state index contributed by atoms with van der Waals surface area (Å²) in [5.74, 6) is 1.08. The summed E-state index contributed by atoms with van der Waals surface area (Å²) in [4.78, 5) is 10.9. The van der Waals surface area contributed by atoms with Gasteiger partial charge in [-0.2, -0.15) is 0 Å². The summed E-state index contributed by atoms with van der Waals surface area (Å²) >= 11 is 1.48. The first-order chi connectivity index (χ1) is 20.8. The van der Waals surface area contributed by atoms with E-state index in [1.165, 1.54) is 23.9 Å². The Morgan fingerprint density at radius 1 is 0.907 bits per heavy atom. The van der Waals surface area contributed by atoms with E-state index in [-0.39, 0.29) is 11.4 Å². The fourth-order valence-electron chi connectivity index (χ4n) is 4.90. The summed E-state index contributed by atoms with van der Waals surface area (Å²) in [5, 5.41) is 20.9. The highest BCUT2D eigenvalue weighted by Crippen LogP contribution is 2.30. The molecule has 0 aliphatic heterocycles. The van der Waals surface area contributed by atoms with Crippen molar-refractivity contribution in [3.05, 3.63) is 111 Å². The number of thioether (sulfide) groups is 1. The molecular formula is C32H39N5O4S2. The minimum absolute atomic E-state index is 0.0328. The molecule has 43 heavy (non-hydrogen) atoms. The molecule has 0 bridgehead atoms. The van der Waals surface area contributed by atoms with E-state index in [1.54, 1.807) is 12.1 Å². The predicted molar refractivity (Wildman–Crippen MR) is 172 cm³/mol. The maximum Gasteiger partial charge on any atom is 0.269 e. The lowest BCUT2D eigenvalue weighted by Gasteiger charge is -2.20. The Morgan fingerprint density at radius 2 is 1.60 bits per heavy atom. The molecule has 0 saturated carbocycles. The van der Waals surface area contributed by atoms with E-state index >= 15 is 0 Å². The Labute approximate surface area is 258 Å². The Morgan fingerprint density at radius 3 is 2.30 bits per heavy atom. The van der Waals surface area contributed by atoms with Crippen LogP contribution in [0.15, 0.2) is 84.0 Å². The van der Waals surface area contributed by atoms with Crippen LogP contribution in [0.1, 0.15) is 74.0 Å². The fourth-order valence-corrected chi connectivity index (χ4v) is 7.13. The van der Waals surface area contributed by atoms with Crippen LogP contribution < -0.4 is 4.72 Å². The van der Waals surface area contributed by atoms with Gasteiger partial charge in [-0.1, -0.05) is 111 Å². The van der Waals surface area contributed by atoms with Gasteiger partial charge in [-0.3, -0.25) is 14.7 Å². The molecule has 9 nitrogen and oxygen atoms in total. The highest BCUT2D eigenvalue weighted by atomic mass is 32.2. The fraction of sp³-hybridized carbons (Fsp3) is 0.375. The van der Waals surface area contributed by atoms with Crippen molar-refractivity contribution in [2.24, 2.45) is 0 Å². The minimum Gasteiger partial charge on any atom is -0.273 e. The third kappa shape index (κ3) is 9.74. The van der Waals surface area contributed by atoms with Gasteiger partial charge in [0.1, 0.15) is 0 Å². The van der Waals surface area contributed by atoms with Crippen LogP contribution in [0.25, 0.3) is 5.69 Å². The van der Waals surface area contributed by atoms with Gasteiger partial charge in [-0.05, 0) is 43.0 Å². The lowest BCUT2D eigenvalue weighted by Crippen LogP contribution is -2.33. The largest absolute Gasteiger partial charge is 0.273 e. The molecule has 1 N–H and O–H groups in total. The summed E-state index contributed by atoms with van der Waals surface area (Å²) in [7, 11) is -3.64. The van der Waals surface area contributed by atoms with E-state index in [0.717, 1.165) is 48.8 Å². The molecule has 0 fully saturated rings. The molecule has 0 spiro atoms. The summed E-state index contributed by atoms with van der Waals surface area (Å²) in [6, 6.07) is 23.3. The zero-order valence-electron chi connectivity index (χ0n) is 24.7. The number of nitro benzene ring substituents is 1. The molecule has 0 amide bonds. The van der Waals surface area contributed by atoms with Crippen molar-refractivity contribution in [3.8, 4) is 5.69 Å². The van der Waals surface area contributed by atoms with E-state index in [4.69, 9.17) is 0 Å². The monoisotopic (exact) mass is 621 g/mol. The van der Waals surface area contributed by atoms with Crippen molar-refractivity contribution < 1.29 is 13.3 Å². The van der Waals surface area contributed by atoms with Gasteiger partial charge < -0.3 is 0 Å². The van der Waals surface area contributed by atoms with Gasteiger partial charge in [0, 0.05) is 23.6 Å². The minimum atomic E-state index is -3.64. The molecule has 3 aromatic carbocycles. The quantitative estimate of drug-likeness (QED) is 0.0567. The van der Waals surface area contributed by atoms with Gasteiger partial charge >= 0.3 is 0 Å². The van der Waals surface area contributed by atoms with E-state index in [1.807, 2.05) is 60.0 Å². The number of rotatable bonds is 17. The van der Waals surface area contributed by atoms with E-state index in [9.17, 15) is 18.5 Å². The number of sulfonamides is 1. The molecule has 0 saturated heterocycles. The average Bonchev–Trinajstić information content (AvgIpc) is 3.42. The lowest BCUT2D eigenvalue weighted by molar-refractivity contribution is -0.384. The summed E-state index contributed by atoms with van der Waals surface area (Å²) < 4.78 is 31.5. The van der Waals surface area contributed by atoms with E-state index < -0.39 is 21.0 Å². The number of unbranched alkanes of at least 4 members (excludes halogenated alkanes) is 5. The number of benzene rings is 3. The van der Waals surface area contributed by atoms with Gasteiger partial charge in [0.25, 0.3) is 5.69 Å². The van der Waals surface area contributed by atoms with Crippen LogP contribution in [-0.2, 0) is 22.2 Å². The molecule has 4 rings (SSSR count). The molecule has 0 aliphatic carbocycles. The molecule has 228 valence electrons. The van der Waals surface area contributed by atoms with Crippen molar-refractivity contribution in [1.29, 1.82) is 0 Å². The number of aromatic nitrogens is 3. The van der Waals surface area contributed by atoms with Crippen molar-refractivity contribution >= 4 is 27.5 Å². The van der Waals surface area contributed by atoms with Crippen molar-refractivity contribution in [2.45, 2.75) is 75.7 Å². The lowest BCUT2D eigenvalue weighted by atomic mass is 10.1. The first kappa shape index (κ1) is 32.4. The molecule has 1 unspecified atom stereocenters. The number of hydrogen-bond donors (Lipinski definition) is 1. The van der Waals surface area contributed by atoms with Gasteiger partial charge in [0.2, 0.25) is 10.0 Å². The van der Waals surface area contributed by atoms with Crippen LogP contribution in [0.2, 0.25) is 0 Å². The number of nitrogens with one attached hydrogen (secondary N) is 1. The second kappa shape index (κ2) is 15.8. The SMILES string of the molecule is CCCCCCCCS(=O)(=O)NC(Cc1ccccc1)c1nnc(SCc2cccc(C)c2)n1-c1ccc([N+](=O)[O-])cc1. The highest BCUT2D eigenvalue weighted by molar-refractivity contribution is 7.98. The Kier molecular flexibility index (Phi) is 11.9. The first-order valence-corrected chi connectivity index (χ1v) is 17.3. The first-order valence-electron chi connectivity index (χ1n) is 14.7. The average molecular weight is 622 g/mol. The second-order valence-electron chi connectivity index (χ2n) is 10.7. The van der Waals surface area contributed by atoms with Gasteiger partial charge in [-0.15, -0.1) is 10.2 Å². The smallest absolute Gasteiger partial charge is 0.269 e. The van der Waals surface area contributed by atoms with Crippen LogP contribution in [0.3, 0.4) is 0 Å². The van der Waals surface area contributed by atoms with Gasteiger partial charge in [-0.25, -0.2) is 13.1 Å². The van der Waals surface area contributed by atoms with Crippen molar-refractivity contribution in [3.63, 3.8) is 0 Å². The standard InChI is InChI=1S/C32H39N5O4S2/c1-3-4-5-6-7-11-21-43(40,41)35-30(23-26-14-9-8-10-15-26)31-33-34-32(42-24-27-16-12-13-25(2)22-27)36(31)28-17-19-29(20-18-28)37(38)39/h8-10,12-20,22,30,35H,3-7,11,21,23-24H2,1-2H3. The maximum absolute atomic E-state index is 13.4. The van der Waals surface area contributed by atoms with Crippen LogP contribution in [0, 0.1) is 17.0 Å². The summed E-state index contributed by atoms with van der Waals surface area (Å²) in [5.41, 5.74) is 3.80. The number of hydrogen-bond acceptors (Lipinski definition) is 7. The van der Waals surface area contributed by atoms with Crippen LogP contribution in [0.4, 0.5) is 5.69 Å². The predicted octanol–water partition coefficient (Wildman–Crippen LogP) is 7.34. The van der Waals surface area contributed by atoms with Crippen molar-refractivity contribution in [1.82, 2.24) is 19.5 Å². The molecule has 0 aliphatic rings. The molecular weight excluding hydrogens is 583 g/mol. The molecule has 11 heteroatoms. The third-order valence-corrected chi connectivity index (χ3v) is 9.58. The normalized spacial score (nSPS) is 12.3. The van der Waals surface area contributed by atoms with Gasteiger partial charge in [0.15, 0.2) is 11.0 Å². The zero-order chi connectivity index (χ0) is 30.7. The van der Waals surface area contributed by atoms with Crippen LogP contribution in [-0.4, -0.2) is 33.9 Å². The van der Waals surface area contributed by atoms with E-state index in [2.05, 4.69) is 27.9 Å². The van der Waals surface area contributed by atoms with E-state index in [0.29, 0.717) is 35.3 Å². The highest BCUT2D eigenvalue weighted by Gasteiger charge is 2.27. The summed E-state index contributed by atoms with van der Waals surface area (Å²) in [6.45, 7) is 4.19. The Bertz CT molecular complexity index is 1580. The van der Waals surface area contributed by atoms with Gasteiger partial charge in [0.05, 0.1) is 16.7 Å². The third-order valence-electron chi connectivity index (χ3n) is 7.11. The topological polar surface area (TPSA) is 120 Å². The van der Waals surface area contributed by atoms with Crippen LogP contribution >= 0.6 is 11.8 Å². The second-order valence-corrected chi connectivity index (χ2v) is 13.5. The molecule has 0 radical (unpaired) electrons.